The number of carbonyl (C=O) groups excluding carboxylic acids is 1. The molecule has 0 unspecified atom stereocenters. The maximum absolute atomic E-state index is 12.7. The lowest BCUT2D eigenvalue weighted by atomic mass is 10.1. The summed E-state index contributed by atoms with van der Waals surface area (Å²) in [7, 11) is 0. The molecule has 0 saturated carbocycles. The summed E-state index contributed by atoms with van der Waals surface area (Å²) in [6.07, 6.45) is -0.360. The van der Waals surface area contributed by atoms with Crippen LogP contribution in [0.4, 0.5) is 4.79 Å². The first-order valence-corrected chi connectivity index (χ1v) is 10.4. The van der Waals surface area contributed by atoms with Crippen molar-refractivity contribution in [1.29, 1.82) is 0 Å². The Bertz CT molecular complexity index is 946. The first kappa shape index (κ1) is 21.4. The Kier molecular flexibility index (Phi) is 6.98. The molecular weight excluding hydrogens is 434 g/mol. The quantitative estimate of drug-likeness (QED) is 0.397. The third kappa shape index (κ3) is 6.61. The number of nitrogens with zero attached hydrogens (tertiary/aromatic N) is 1. The molecule has 0 aliphatic heterocycles. The topological polar surface area (TPSA) is 51.9 Å². The molecule has 5 nitrogen and oxygen atoms in total. The molecule has 0 aliphatic rings. The van der Waals surface area contributed by atoms with Crippen molar-refractivity contribution in [2.45, 2.75) is 39.5 Å². The molecule has 0 N–H and O–H groups in total. The van der Waals surface area contributed by atoms with Crippen LogP contribution in [0.15, 0.2) is 63.7 Å². The molecular formula is C23H26BrNO4. The maximum atomic E-state index is 12.7. The summed E-state index contributed by atoms with van der Waals surface area (Å²) in [4.78, 5) is 14.4. The van der Waals surface area contributed by atoms with Gasteiger partial charge in [0.2, 0.25) is 0 Å². The number of halogens is 1. The van der Waals surface area contributed by atoms with Gasteiger partial charge in [0.25, 0.3) is 0 Å². The normalized spacial score (nSPS) is 11.6. The average Bonchev–Trinajstić information content (AvgIpc) is 3.03. The molecule has 0 bridgehead atoms. The Morgan fingerprint density at radius 1 is 1.07 bits per heavy atom. The molecule has 1 heterocycles. The number of ether oxygens (including phenoxy) is 2. The zero-order valence-corrected chi connectivity index (χ0v) is 18.6. The second kappa shape index (κ2) is 9.46. The van der Waals surface area contributed by atoms with Crippen molar-refractivity contribution in [2.24, 2.45) is 0 Å². The molecule has 0 fully saturated rings. The van der Waals surface area contributed by atoms with Gasteiger partial charge in [-0.3, -0.25) is 0 Å². The number of furan rings is 1. The number of benzene rings is 2. The van der Waals surface area contributed by atoms with Gasteiger partial charge in [0.05, 0.1) is 13.2 Å². The van der Waals surface area contributed by atoms with Gasteiger partial charge in [0.1, 0.15) is 11.2 Å². The highest BCUT2D eigenvalue weighted by Crippen LogP contribution is 2.25. The zero-order valence-electron chi connectivity index (χ0n) is 17.0. The van der Waals surface area contributed by atoms with Gasteiger partial charge in [0.15, 0.2) is 4.67 Å². The van der Waals surface area contributed by atoms with Gasteiger partial charge in [-0.2, -0.15) is 0 Å². The lowest BCUT2D eigenvalue weighted by Gasteiger charge is -2.27. The monoisotopic (exact) mass is 459 g/mol. The first-order valence-electron chi connectivity index (χ1n) is 9.58. The van der Waals surface area contributed by atoms with Gasteiger partial charge in [-0.05, 0) is 60.0 Å². The van der Waals surface area contributed by atoms with Gasteiger partial charge in [-0.25, -0.2) is 4.79 Å². The van der Waals surface area contributed by atoms with Crippen molar-refractivity contribution in [1.82, 2.24) is 4.90 Å². The van der Waals surface area contributed by atoms with E-state index in [1.807, 2.05) is 75.4 Å². The van der Waals surface area contributed by atoms with Crippen LogP contribution in [0.2, 0.25) is 0 Å². The lowest BCUT2D eigenvalue weighted by molar-refractivity contribution is 0.0145. The predicted octanol–water partition coefficient (Wildman–Crippen LogP) is 6.15. The van der Waals surface area contributed by atoms with Crippen molar-refractivity contribution in [2.75, 3.05) is 13.2 Å². The smallest absolute Gasteiger partial charge is 0.410 e. The van der Waals surface area contributed by atoms with Crippen molar-refractivity contribution in [3.05, 3.63) is 70.4 Å². The van der Waals surface area contributed by atoms with Gasteiger partial charge in [-0.1, -0.05) is 42.5 Å². The third-order valence-corrected chi connectivity index (χ3v) is 4.59. The second-order valence-electron chi connectivity index (χ2n) is 7.86. The molecule has 0 saturated heterocycles. The van der Waals surface area contributed by atoms with Crippen LogP contribution in [0.25, 0.3) is 11.0 Å². The van der Waals surface area contributed by atoms with Crippen LogP contribution in [0, 0.1) is 0 Å². The van der Waals surface area contributed by atoms with E-state index in [1.54, 1.807) is 4.90 Å². The first-order chi connectivity index (χ1) is 13.8. The molecule has 0 aliphatic carbocycles. The molecule has 3 rings (SSSR count). The zero-order chi connectivity index (χ0) is 20.9. The Labute approximate surface area is 179 Å². The van der Waals surface area contributed by atoms with Gasteiger partial charge < -0.3 is 18.8 Å². The van der Waals surface area contributed by atoms with Crippen LogP contribution in [-0.4, -0.2) is 29.7 Å². The fraction of sp³-hybridized carbons (Fsp3) is 0.348. The number of carbonyl (C=O) groups is 1. The third-order valence-electron chi connectivity index (χ3n) is 4.20. The minimum absolute atomic E-state index is 0.360. The summed E-state index contributed by atoms with van der Waals surface area (Å²) in [5.41, 5.74) is 2.29. The molecule has 154 valence electrons. The van der Waals surface area contributed by atoms with E-state index in [0.29, 0.717) is 31.0 Å². The summed E-state index contributed by atoms with van der Waals surface area (Å²) in [6.45, 7) is 7.36. The lowest BCUT2D eigenvalue weighted by Crippen LogP contribution is -2.38. The summed E-state index contributed by atoms with van der Waals surface area (Å²) < 4.78 is 17.7. The average molecular weight is 460 g/mol. The number of hydrogen-bond donors (Lipinski definition) is 0. The molecule has 0 atom stereocenters. The largest absolute Gasteiger partial charge is 0.449 e. The van der Waals surface area contributed by atoms with Crippen LogP contribution in [0.1, 0.15) is 31.9 Å². The second-order valence-corrected chi connectivity index (χ2v) is 8.64. The van der Waals surface area contributed by atoms with E-state index in [-0.39, 0.29) is 6.09 Å². The van der Waals surface area contributed by atoms with Crippen LogP contribution in [0.5, 0.6) is 0 Å². The van der Waals surface area contributed by atoms with E-state index >= 15 is 0 Å². The van der Waals surface area contributed by atoms with Gasteiger partial charge in [-0.15, -0.1) is 0 Å². The highest BCUT2D eigenvalue weighted by Gasteiger charge is 2.22. The van der Waals surface area contributed by atoms with Crippen molar-refractivity contribution < 1.29 is 18.7 Å². The van der Waals surface area contributed by atoms with Crippen LogP contribution < -0.4 is 0 Å². The molecule has 0 spiro atoms. The highest BCUT2D eigenvalue weighted by molar-refractivity contribution is 9.10. The SMILES string of the molecule is CC(C)(C)OC(=O)N(CCOCc1ccccc1)Cc1ccc2cc(Br)oc2c1. The molecule has 3 aromatic rings. The predicted molar refractivity (Wildman–Crippen MR) is 117 cm³/mol. The molecule has 1 amide bonds. The minimum Gasteiger partial charge on any atom is -0.449 e. The molecule has 1 aromatic heterocycles. The van der Waals surface area contributed by atoms with Crippen LogP contribution >= 0.6 is 15.9 Å². The van der Waals surface area contributed by atoms with Crippen LogP contribution in [0.3, 0.4) is 0 Å². The van der Waals surface area contributed by atoms with E-state index in [1.165, 1.54) is 0 Å². The summed E-state index contributed by atoms with van der Waals surface area (Å²) in [5, 5.41) is 1.01. The number of hydrogen-bond acceptors (Lipinski definition) is 4. The molecule has 6 heteroatoms. The standard InChI is InChI=1S/C23H26BrNO4/c1-23(2,3)29-22(26)25(11-12-27-16-17-7-5-4-6-8-17)15-18-9-10-19-14-21(24)28-20(19)13-18/h4-10,13-14H,11-12,15-16H2,1-3H3. The Balaban J connectivity index is 1.65. The number of amides is 1. The van der Waals surface area contributed by atoms with E-state index in [0.717, 1.165) is 22.1 Å². The molecule has 2 aromatic carbocycles. The maximum Gasteiger partial charge on any atom is 0.410 e. The summed E-state index contributed by atoms with van der Waals surface area (Å²) in [6, 6.07) is 17.8. The van der Waals surface area contributed by atoms with E-state index in [9.17, 15) is 4.79 Å². The van der Waals surface area contributed by atoms with Crippen LogP contribution in [-0.2, 0) is 22.6 Å². The molecule has 29 heavy (non-hydrogen) atoms. The Morgan fingerprint density at radius 2 is 1.83 bits per heavy atom. The summed E-state index contributed by atoms with van der Waals surface area (Å²) >= 11 is 3.35. The van der Waals surface area contributed by atoms with Gasteiger partial charge in [0, 0.05) is 18.5 Å². The van der Waals surface area contributed by atoms with E-state index < -0.39 is 5.60 Å². The van der Waals surface area contributed by atoms with Crippen molar-refractivity contribution in [3.63, 3.8) is 0 Å². The molecule has 0 radical (unpaired) electrons. The fourth-order valence-corrected chi connectivity index (χ4v) is 3.28. The highest BCUT2D eigenvalue weighted by atomic mass is 79.9. The van der Waals surface area contributed by atoms with E-state index in [2.05, 4.69) is 15.9 Å². The fourth-order valence-electron chi connectivity index (χ4n) is 2.86. The van der Waals surface area contributed by atoms with E-state index in [4.69, 9.17) is 13.9 Å². The van der Waals surface area contributed by atoms with Crippen molar-refractivity contribution in [3.8, 4) is 0 Å². The summed E-state index contributed by atoms with van der Waals surface area (Å²) in [5.74, 6) is 0. The Hall–Kier alpha value is -2.31. The Morgan fingerprint density at radius 3 is 2.55 bits per heavy atom. The van der Waals surface area contributed by atoms with Gasteiger partial charge >= 0.3 is 6.09 Å². The number of fused-ring (bicyclic) bond motifs is 1. The number of rotatable bonds is 7. The van der Waals surface area contributed by atoms with Crippen molar-refractivity contribution >= 4 is 33.0 Å². The minimum atomic E-state index is -0.559.